The fraction of sp³-hybridized carbons (Fsp3) is 0.833. The lowest BCUT2D eigenvalue weighted by atomic mass is 10.0. The first-order valence-electron chi connectivity index (χ1n) is 5.72. The number of hydrogen-bond donors (Lipinski definition) is 0. The van der Waals surface area contributed by atoms with Gasteiger partial charge in [0.1, 0.15) is 11.9 Å². The molecule has 0 amide bonds. The monoisotopic (exact) mass is 228 g/mol. The smallest absolute Gasteiger partial charge is 0.335 e. The maximum atomic E-state index is 11.7. The Hall–Kier alpha value is -0.900. The highest BCUT2D eigenvalue weighted by Gasteiger charge is 2.28. The van der Waals surface area contributed by atoms with Gasteiger partial charge in [0, 0.05) is 12.5 Å². The van der Waals surface area contributed by atoms with Gasteiger partial charge in [-0.2, -0.15) is 0 Å². The quantitative estimate of drug-likeness (QED) is 0.533. The number of rotatable bonds is 2. The molecule has 1 fully saturated rings. The molecule has 0 aromatic carbocycles. The average Bonchev–Trinajstić information content (AvgIpc) is 2.39. The summed E-state index contributed by atoms with van der Waals surface area (Å²) in [5.74, 6) is -0.300. The molecule has 1 saturated heterocycles. The molecular weight excluding hydrogens is 208 g/mol. The van der Waals surface area contributed by atoms with Gasteiger partial charge in [-0.3, -0.25) is 0 Å². The Morgan fingerprint density at radius 3 is 2.56 bits per heavy atom. The summed E-state index contributed by atoms with van der Waals surface area (Å²) >= 11 is 0. The second-order valence-corrected chi connectivity index (χ2v) is 5.16. The molecule has 1 heterocycles. The SMILES string of the molecule is CC(C)(C)OC(=O)C1CCC(C=O)CCO1. The van der Waals surface area contributed by atoms with Crippen LogP contribution in [0.15, 0.2) is 0 Å². The van der Waals surface area contributed by atoms with Crippen LogP contribution in [0.25, 0.3) is 0 Å². The lowest BCUT2D eigenvalue weighted by Crippen LogP contribution is -2.33. The van der Waals surface area contributed by atoms with Crippen LogP contribution >= 0.6 is 0 Å². The minimum Gasteiger partial charge on any atom is -0.458 e. The van der Waals surface area contributed by atoms with Gasteiger partial charge in [-0.05, 0) is 40.0 Å². The van der Waals surface area contributed by atoms with Crippen molar-refractivity contribution in [3.63, 3.8) is 0 Å². The van der Waals surface area contributed by atoms with Crippen LogP contribution in [-0.2, 0) is 19.1 Å². The molecule has 2 unspecified atom stereocenters. The summed E-state index contributed by atoms with van der Waals surface area (Å²) < 4.78 is 10.7. The molecule has 2 atom stereocenters. The van der Waals surface area contributed by atoms with Gasteiger partial charge >= 0.3 is 5.97 Å². The normalized spacial score (nSPS) is 26.9. The van der Waals surface area contributed by atoms with Crippen molar-refractivity contribution in [1.82, 2.24) is 0 Å². The molecule has 92 valence electrons. The van der Waals surface area contributed by atoms with Crippen molar-refractivity contribution in [2.24, 2.45) is 5.92 Å². The van der Waals surface area contributed by atoms with E-state index in [1.807, 2.05) is 20.8 Å². The van der Waals surface area contributed by atoms with Crippen molar-refractivity contribution in [1.29, 1.82) is 0 Å². The summed E-state index contributed by atoms with van der Waals surface area (Å²) in [7, 11) is 0. The molecule has 0 spiro atoms. The highest BCUT2D eigenvalue weighted by atomic mass is 16.6. The van der Waals surface area contributed by atoms with Gasteiger partial charge in [0.15, 0.2) is 6.10 Å². The summed E-state index contributed by atoms with van der Waals surface area (Å²) in [6.07, 6.45) is 2.40. The van der Waals surface area contributed by atoms with Crippen LogP contribution in [0.5, 0.6) is 0 Å². The van der Waals surface area contributed by atoms with Crippen molar-refractivity contribution in [3.05, 3.63) is 0 Å². The number of esters is 1. The Kier molecular flexibility index (Phi) is 4.47. The highest BCUT2D eigenvalue weighted by Crippen LogP contribution is 2.20. The van der Waals surface area contributed by atoms with Gasteiger partial charge in [-0.25, -0.2) is 4.79 Å². The van der Waals surface area contributed by atoms with Crippen molar-refractivity contribution in [2.45, 2.75) is 51.7 Å². The highest BCUT2D eigenvalue weighted by molar-refractivity contribution is 5.75. The molecule has 0 aromatic rings. The maximum Gasteiger partial charge on any atom is 0.335 e. The van der Waals surface area contributed by atoms with Crippen molar-refractivity contribution < 1.29 is 19.1 Å². The summed E-state index contributed by atoms with van der Waals surface area (Å²) in [5, 5.41) is 0. The average molecular weight is 228 g/mol. The number of carbonyl (C=O) groups excluding carboxylic acids is 2. The van der Waals surface area contributed by atoms with Gasteiger partial charge in [0.2, 0.25) is 0 Å². The molecule has 0 aromatic heterocycles. The Labute approximate surface area is 96.3 Å². The van der Waals surface area contributed by atoms with E-state index in [2.05, 4.69) is 0 Å². The zero-order valence-corrected chi connectivity index (χ0v) is 10.2. The van der Waals surface area contributed by atoms with Gasteiger partial charge in [0.25, 0.3) is 0 Å². The van der Waals surface area contributed by atoms with E-state index in [0.29, 0.717) is 25.9 Å². The van der Waals surface area contributed by atoms with Crippen LogP contribution < -0.4 is 0 Å². The number of carbonyl (C=O) groups is 2. The molecule has 0 N–H and O–H groups in total. The first kappa shape index (κ1) is 13.2. The van der Waals surface area contributed by atoms with Crippen LogP contribution in [0.1, 0.15) is 40.0 Å². The van der Waals surface area contributed by atoms with Crippen molar-refractivity contribution >= 4 is 12.3 Å². The van der Waals surface area contributed by atoms with Crippen LogP contribution in [0.4, 0.5) is 0 Å². The zero-order valence-electron chi connectivity index (χ0n) is 10.2. The third-order valence-electron chi connectivity index (χ3n) is 2.47. The molecule has 16 heavy (non-hydrogen) atoms. The summed E-state index contributed by atoms with van der Waals surface area (Å²) in [4.78, 5) is 22.4. The largest absolute Gasteiger partial charge is 0.458 e. The fourth-order valence-electron chi connectivity index (χ4n) is 1.64. The van der Waals surface area contributed by atoms with Crippen LogP contribution in [0, 0.1) is 5.92 Å². The first-order chi connectivity index (χ1) is 7.42. The molecule has 1 aliphatic rings. The Morgan fingerprint density at radius 2 is 2.00 bits per heavy atom. The number of ether oxygens (including phenoxy) is 2. The lowest BCUT2D eigenvalue weighted by molar-refractivity contribution is -0.168. The molecule has 4 heteroatoms. The van der Waals surface area contributed by atoms with E-state index in [4.69, 9.17) is 9.47 Å². The fourth-order valence-corrected chi connectivity index (χ4v) is 1.64. The van der Waals surface area contributed by atoms with Gasteiger partial charge in [-0.15, -0.1) is 0 Å². The lowest BCUT2D eigenvalue weighted by Gasteiger charge is -2.23. The van der Waals surface area contributed by atoms with E-state index in [0.717, 1.165) is 6.29 Å². The standard InChI is InChI=1S/C12H20O4/c1-12(2,3)16-11(14)10-5-4-9(8-13)6-7-15-10/h8-10H,4-7H2,1-3H3. The Morgan fingerprint density at radius 1 is 1.31 bits per heavy atom. The predicted molar refractivity (Wildman–Crippen MR) is 59.0 cm³/mol. The second kappa shape index (κ2) is 5.43. The molecule has 0 saturated carbocycles. The third kappa shape index (κ3) is 4.31. The molecule has 0 radical (unpaired) electrons. The van der Waals surface area contributed by atoms with Gasteiger partial charge in [-0.1, -0.05) is 0 Å². The van der Waals surface area contributed by atoms with Crippen molar-refractivity contribution in [3.8, 4) is 0 Å². The van der Waals surface area contributed by atoms with Crippen LogP contribution in [0.2, 0.25) is 0 Å². The second-order valence-electron chi connectivity index (χ2n) is 5.16. The predicted octanol–water partition coefficient (Wildman–Crippen LogP) is 1.71. The van der Waals surface area contributed by atoms with E-state index < -0.39 is 11.7 Å². The van der Waals surface area contributed by atoms with E-state index >= 15 is 0 Å². The zero-order chi connectivity index (χ0) is 12.2. The number of aldehydes is 1. The Bertz CT molecular complexity index is 254. The topological polar surface area (TPSA) is 52.6 Å². The molecule has 0 aliphatic carbocycles. The van der Waals surface area contributed by atoms with E-state index in [1.54, 1.807) is 0 Å². The summed E-state index contributed by atoms with van der Waals surface area (Å²) in [6.45, 7) is 5.94. The van der Waals surface area contributed by atoms with Gasteiger partial charge in [0.05, 0.1) is 0 Å². The summed E-state index contributed by atoms with van der Waals surface area (Å²) in [5.41, 5.74) is -0.489. The van der Waals surface area contributed by atoms with Crippen LogP contribution in [-0.4, -0.2) is 30.6 Å². The van der Waals surface area contributed by atoms with E-state index in [9.17, 15) is 9.59 Å². The van der Waals surface area contributed by atoms with Gasteiger partial charge < -0.3 is 14.3 Å². The molecule has 4 nitrogen and oxygen atoms in total. The molecule has 1 aliphatic heterocycles. The number of hydrogen-bond acceptors (Lipinski definition) is 4. The first-order valence-corrected chi connectivity index (χ1v) is 5.72. The minimum atomic E-state index is -0.510. The van der Waals surface area contributed by atoms with E-state index in [1.165, 1.54) is 0 Å². The molecule has 0 bridgehead atoms. The van der Waals surface area contributed by atoms with Crippen LogP contribution in [0.3, 0.4) is 0 Å². The Balaban J connectivity index is 2.48. The van der Waals surface area contributed by atoms with Crippen molar-refractivity contribution in [2.75, 3.05) is 6.61 Å². The minimum absolute atomic E-state index is 0.0208. The molecule has 1 rings (SSSR count). The van der Waals surface area contributed by atoms with E-state index in [-0.39, 0.29) is 11.9 Å². The summed E-state index contributed by atoms with van der Waals surface area (Å²) in [6, 6.07) is 0. The maximum absolute atomic E-state index is 11.7. The molecular formula is C12H20O4. The third-order valence-corrected chi connectivity index (χ3v) is 2.47.